The summed E-state index contributed by atoms with van der Waals surface area (Å²) in [5.41, 5.74) is 0.987. The molecule has 0 bridgehead atoms. The van der Waals surface area contributed by atoms with Crippen molar-refractivity contribution in [1.82, 2.24) is 4.90 Å². The number of para-hydroxylation sites is 1. The van der Waals surface area contributed by atoms with Gasteiger partial charge in [-0.3, -0.25) is 4.79 Å². The predicted octanol–water partition coefficient (Wildman–Crippen LogP) is 1.27. The first-order chi connectivity index (χ1) is 9.93. The molecule has 6 heteroatoms. The third kappa shape index (κ3) is 3.97. The molecule has 1 atom stereocenters. The second-order valence-electron chi connectivity index (χ2n) is 5.37. The van der Waals surface area contributed by atoms with E-state index in [4.69, 9.17) is 4.74 Å². The Hall–Kier alpha value is -1.56. The number of nitrogens with zero attached hydrogens (tertiary/aromatic N) is 1. The van der Waals surface area contributed by atoms with Gasteiger partial charge in [-0.05, 0) is 24.5 Å². The van der Waals surface area contributed by atoms with Crippen LogP contribution >= 0.6 is 0 Å². The highest BCUT2D eigenvalue weighted by atomic mass is 32.2. The van der Waals surface area contributed by atoms with Crippen LogP contribution in [0.5, 0.6) is 5.75 Å². The SMILES string of the molecule is COc1ccccc1CCC(=O)N(C)C1CCS(=O)(=O)C1. The summed E-state index contributed by atoms with van der Waals surface area (Å²) in [7, 11) is 0.332. The van der Waals surface area contributed by atoms with Gasteiger partial charge in [-0.1, -0.05) is 18.2 Å². The number of hydrogen-bond acceptors (Lipinski definition) is 4. The predicted molar refractivity (Wildman–Crippen MR) is 81.1 cm³/mol. The Labute approximate surface area is 125 Å². The molecule has 0 saturated carbocycles. The van der Waals surface area contributed by atoms with Gasteiger partial charge in [0.2, 0.25) is 5.91 Å². The van der Waals surface area contributed by atoms with Crippen molar-refractivity contribution in [2.45, 2.75) is 25.3 Å². The number of hydrogen-bond donors (Lipinski definition) is 0. The largest absolute Gasteiger partial charge is 0.496 e. The summed E-state index contributed by atoms with van der Waals surface area (Å²) in [6.45, 7) is 0. The van der Waals surface area contributed by atoms with Crippen LogP contribution in [0, 0.1) is 0 Å². The first-order valence-electron chi connectivity index (χ1n) is 7.01. The Balaban J connectivity index is 1.93. The highest BCUT2D eigenvalue weighted by Gasteiger charge is 2.32. The molecule has 1 fully saturated rings. The molecule has 0 spiro atoms. The summed E-state index contributed by atoms with van der Waals surface area (Å²) in [4.78, 5) is 13.8. The summed E-state index contributed by atoms with van der Waals surface area (Å²) >= 11 is 0. The van der Waals surface area contributed by atoms with Gasteiger partial charge in [0.15, 0.2) is 9.84 Å². The van der Waals surface area contributed by atoms with Crippen molar-refractivity contribution < 1.29 is 17.9 Å². The molecule has 0 N–H and O–H groups in total. The van der Waals surface area contributed by atoms with Crippen molar-refractivity contribution in [3.8, 4) is 5.75 Å². The van der Waals surface area contributed by atoms with Crippen molar-refractivity contribution in [2.24, 2.45) is 0 Å². The van der Waals surface area contributed by atoms with E-state index in [2.05, 4.69) is 0 Å². The molecule has 1 amide bonds. The van der Waals surface area contributed by atoms with Crippen LogP contribution < -0.4 is 4.74 Å². The number of carbonyl (C=O) groups excluding carboxylic acids is 1. The van der Waals surface area contributed by atoms with E-state index < -0.39 is 9.84 Å². The number of carbonyl (C=O) groups is 1. The van der Waals surface area contributed by atoms with E-state index in [1.54, 1.807) is 19.1 Å². The molecule has 0 aliphatic carbocycles. The second kappa shape index (κ2) is 6.47. The quantitative estimate of drug-likeness (QED) is 0.821. The minimum atomic E-state index is -2.97. The highest BCUT2D eigenvalue weighted by Crippen LogP contribution is 2.21. The van der Waals surface area contributed by atoms with Gasteiger partial charge < -0.3 is 9.64 Å². The highest BCUT2D eigenvalue weighted by molar-refractivity contribution is 7.91. The van der Waals surface area contributed by atoms with Crippen LogP contribution in [0.2, 0.25) is 0 Å². The number of methoxy groups -OCH3 is 1. The third-order valence-electron chi connectivity index (χ3n) is 3.95. The van der Waals surface area contributed by atoms with Gasteiger partial charge in [0.25, 0.3) is 0 Å². The molecule has 1 aliphatic rings. The van der Waals surface area contributed by atoms with Crippen LogP contribution in [-0.4, -0.2) is 50.9 Å². The number of sulfone groups is 1. The number of ether oxygens (including phenoxy) is 1. The van der Waals surface area contributed by atoms with Crippen molar-refractivity contribution in [1.29, 1.82) is 0 Å². The molecule has 1 aromatic rings. The Morgan fingerprint density at radius 2 is 2.10 bits per heavy atom. The van der Waals surface area contributed by atoms with Gasteiger partial charge in [0.1, 0.15) is 5.75 Å². The number of benzene rings is 1. The van der Waals surface area contributed by atoms with Crippen molar-refractivity contribution in [3.05, 3.63) is 29.8 Å². The van der Waals surface area contributed by atoms with E-state index in [0.29, 0.717) is 19.3 Å². The molecule has 1 saturated heterocycles. The average Bonchev–Trinajstić information content (AvgIpc) is 2.84. The van der Waals surface area contributed by atoms with E-state index in [-0.39, 0.29) is 23.5 Å². The van der Waals surface area contributed by atoms with Gasteiger partial charge in [-0.2, -0.15) is 0 Å². The molecule has 5 nitrogen and oxygen atoms in total. The molecule has 0 radical (unpaired) electrons. The Morgan fingerprint density at radius 1 is 1.38 bits per heavy atom. The lowest BCUT2D eigenvalue weighted by atomic mass is 10.1. The maximum Gasteiger partial charge on any atom is 0.222 e. The normalized spacial score (nSPS) is 20.2. The van der Waals surface area contributed by atoms with E-state index in [0.717, 1.165) is 11.3 Å². The first kappa shape index (κ1) is 15.8. The third-order valence-corrected chi connectivity index (χ3v) is 5.70. The lowest BCUT2D eigenvalue weighted by molar-refractivity contribution is -0.131. The number of rotatable bonds is 5. The minimum absolute atomic E-state index is 0.0250. The van der Waals surface area contributed by atoms with Crippen molar-refractivity contribution >= 4 is 15.7 Å². The lowest BCUT2D eigenvalue weighted by Gasteiger charge is -2.23. The molecule has 0 aromatic heterocycles. The molecule has 1 unspecified atom stereocenters. The fraction of sp³-hybridized carbons (Fsp3) is 0.533. The molecule has 116 valence electrons. The zero-order valence-electron chi connectivity index (χ0n) is 12.4. The zero-order valence-corrected chi connectivity index (χ0v) is 13.2. The maximum atomic E-state index is 12.2. The minimum Gasteiger partial charge on any atom is -0.496 e. The monoisotopic (exact) mass is 311 g/mol. The second-order valence-corrected chi connectivity index (χ2v) is 7.60. The van der Waals surface area contributed by atoms with Crippen LogP contribution in [0.3, 0.4) is 0 Å². The fourth-order valence-corrected chi connectivity index (χ4v) is 4.39. The molecule has 2 rings (SSSR count). The number of aryl methyl sites for hydroxylation is 1. The van der Waals surface area contributed by atoms with E-state index in [1.165, 1.54) is 0 Å². The van der Waals surface area contributed by atoms with Crippen molar-refractivity contribution in [2.75, 3.05) is 25.7 Å². The van der Waals surface area contributed by atoms with Gasteiger partial charge in [0, 0.05) is 19.5 Å². The molecular formula is C15H21NO4S. The Morgan fingerprint density at radius 3 is 2.71 bits per heavy atom. The van der Waals surface area contributed by atoms with Gasteiger partial charge in [-0.15, -0.1) is 0 Å². The first-order valence-corrected chi connectivity index (χ1v) is 8.83. The molecule has 1 aliphatic heterocycles. The Kier molecular flexibility index (Phi) is 4.88. The van der Waals surface area contributed by atoms with Crippen LogP contribution in [0.1, 0.15) is 18.4 Å². The van der Waals surface area contributed by atoms with E-state index in [1.807, 2.05) is 24.3 Å². The van der Waals surface area contributed by atoms with Gasteiger partial charge in [0.05, 0.1) is 18.6 Å². The van der Waals surface area contributed by atoms with E-state index >= 15 is 0 Å². The van der Waals surface area contributed by atoms with Crippen LogP contribution in [-0.2, 0) is 21.1 Å². The summed E-state index contributed by atoms with van der Waals surface area (Å²) < 4.78 is 28.2. The summed E-state index contributed by atoms with van der Waals surface area (Å²) in [5, 5.41) is 0. The standard InChI is InChI=1S/C15H21NO4S/c1-16(13-9-10-21(18,19)11-13)15(17)8-7-12-5-3-4-6-14(12)20-2/h3-6,13H,7-11H2,1-2H3. The molecular weight excluding hydrogens is 290 g/mol. The molecule has 21 heavy (non-hydrogen) atoms. The van der Waals surface area contributed by atoms with Crippen LogP contribution in [0.15, 0.2) is 24.3 Å². The lowest BCUT2D eigenvalue weighted by Crippen LogP contribution is -2.37. The van der Waals surface area contributed by atoms with Gasteiger partial charge in [-0.25, -0.2) is 8.42 Å². The maximum absolute atomic E-state index is 12.2. The van der Waals surface area contributed by atoms with Crippen LogP contribution in [0.25, 0.3) is 0 Å². The Bertz CT molecular complexity index is 612. The van der Waals surface area contributed by atoms with Crippen LogP contribution in [0.4, 0.5) is 0 Å². The molecule has 1 heterocycles. The average molecular weight is 311 g/mol. The smallest absolute Gasteiger partial charge is 0.222 e. The topological polar surface area (TPSA) is 63.7 Å². The summed E-state index contributed by atoms with van der Waals surface area (Å²) in [6, 6.07) is 7.43. The van der Waals surface area contributed by atoms with E-state index in [9.17, 15) is 13.2 Å². The zero-order chi connectivity index (χ0) is 15.5. The van der Waals surface area contributed by atoms with Crippen molar-refractivity contribution in [3.63, 3.8) is 0 Å². The molecule has 1 aromatic carbocycles. The number of amides is 1. The van der Waals surface area contributed by atoms with Gasteiger partial charge >= 0.3 is 0 Å². The summed E-state index contributed by atoms with van der Waals surface area (Å²) in [5.74, 6) is 1.02. The fourth-order valence-electron chi connectivity index (χ4n) is 2.61. The summed E-state index contributed by atoms with van der Waals surface area (Å²) in [6.07, 6.45) is 1.49.